The molecule has 24 heavy (non-hydrogen) atoms. The molecule has 128 valence electrons. The van der Waals surface area contributed by atoms with Crippen molar-refractivity contribution in [3.8, 4) is 11.5 Å². The minimum atomic E-state index is -3.63. The van der Waals surface area contributed by atoms with Crippen LogP contribution in [0, 0.1) is 0 Å². The van der Waals surface area contributed by atoms with Crippen LogP contribution in [0.2, 0.25) is 0 Å². The maximum atomic E-state index is 12.9. The summed E-state index contributed by atoms with van der Waals surface area (Å²) in [6.07, 6.45) is 3.21. The van der Waals surface area contributed by atoms with Gasteiger partial charge in [0.1, 0.15) is 0 Å². The van der Waals surface area contributed by atoms with Crippen LogP contribution in [-0.2, 0) is 21.8 Å². The molecule has 0 aliphatic carbocycles. The third kappa shape index (κ3) is 2.64. The lowest BCUT2D eigenvalue weighted by atomic mass is 10.2. The number of morpholine rings is 1. The summed E-state index contributed by atoms with van der Waals surface area (Å²) in [7, 11) is -1.81. The highest BCUT2D eigenvalue weighted by Gasteiger charge is 2.33. The van der Waals surface area contributed by atoms with E-state index in [1.54, 1.807) is 16.9 Å². The fourth-order valence-electron chi connectivity index (χ4n) is 2.84. The maximum Gasteiger partial charge on any atom is 0.243 e. The molecule has 3 heterocycles. The summed E-state index contributed by atoms with van der Waals surface area (Å²) in [6, 6.07) is 4.66. The molecule has 4 rings (SSSR count). The van der Waals surface area contributed by atoms with Gasteiger partial charge in [0.2, 0.25) is 16.8 Å². The highest BCUT2D eigenvalue weighted by Crippen LogP contribution is 2.35. The fraction of sp³-hybridized carbons (Fsp3) is 0.400. The molecule has 2 aliphatic rings. The van der Waals surface area contributed by atoms with Crippen molar-refractivity contribution in [2.24, 2.45) is 7.05 Å². The van der Waals surface area contributed by atoms with E-state index in [4.69, 9.17) is 14.2 Å². The van der Waals surface area contributed by atoms with E-state index in [1.165, 1.54) is 16.4 Å². The van der Waals surface area contributed by atoms with Gasteiger partial charge in [0.15, 0.2) is 11.5 Å². The van der Waals surface area contributed by atoms with Gasteiger partial charge in [-0.1, -0.05) is 0 Å². The topological polar surface area (TPSA) is 82.9 Å². The van der Waals surface area contributed by atoms with E-state index in [0.717, 1.165) is 5.56 Å². The fourth-order valence-corrected chi connectivity index (χ4v) is 4.28. The van der Waals surface area contributed by atoms with Crippen molar-refractivity contribution >= 4 is 10.0 Å². The Morgan fingerprint density at radius 1 is 1.25 bits per heavy atom. The van der Waals surface area contributed by atoms with Crippen LogP contribution in [0.1, 0.15) is 11.7 Å². The Hall–Kier alpha value is -2.10. The number of fused-ring (bicyclic) bond motifs is 1. The van der Waals surface area contributed by atoms with Gasteiger partial charge in [-0.15, -0.1) is 0 Å². The van der Waals surface area contributed by atoms with Gasteiger partial charge >= 0.3 is 0 Å². The highest BCUT2D eigenvalue weighted by molar-refractivity contribution is 7.89. The van der Waals surface area contributed by atoms with Crippen molar-refractivity contribution in [1.82, 2.24) is 14.1 Å². The predicted octanol–water partition coefficient (Wildman–Crippen LogP) is 0.911. The number of hydrogen-bond acceptors (Lipinski definition) is 6. The zero-order chi connectivity index (χ0) is 16.7. The summed E-state index contributed by atoms with van der Waals surface area (Å²) in [6.45, 7) is 1.01. The zero-order valence-corrected chi connectivity index (χ0v) is 13.9. The average Bonchev–Trinajstić information content (AvgIpc) is 3.23. The van der Waals surface area contributed by atoms with Gasteiger partial charge in [-0.3, -0.25) is 4.68 Å². The first-order valence-corrected chi connectivity index (χ1v) is 8.98. The van der Waals surface area contributed by atoms with E-state index in [1.807, 2.05) is 13.2 Å². The van der Waals surface area contributed by atoms with E-state index in [0.29, 0.717) is 24.7 Å². The molecule has 9 heteroatoms. The summed E-state index contributed by atoms with van der Waals surface area (Å²) in [4.78, 5) is 0.193. The molecule has 1 atom stereocenters. The average molecular weight is 351 g/mol. The summed E-state index contributed by atoms with van der Waals surface area (Å²) in [5.41, 5.74) is 0.864. The molecule has 0 N–H and O–H groups in total. The van der Waals surface area contributed by atoms with Gasteiger partial charge in [-0.2, -0.15) is 9.40 Å². The first-order valence-electron chi connectivity index (χ1n) is 7.54. The number of hydrogen-bond donors (Lipinski definition) is 0. The number of aromatic nitrogens is 2. The normalized spacial score (nSPS) is 21.1. The molecule has 2 aromatic rings. The van der Waals surface area contributed by atoms with Crippen molar-refractivity contribution in [3.05, 3.63) is 36.2 Å². The molecule has 1 saturated heterocycles. The monoisotopic (exact) mass is 351 g/mol. The van der Waals surface area contributed by atoms with Gasteiger partial charge in [-0.05, 0) is 12.1 Å². The van der Waals surface area contributed by atoms with Crippen molar-refractivity contribution in [1.29, 1.82) is 0 Å². The summed E-state index contributed by atoms with van der Waals surface area (Å²) < 4.78 is 45.2. The Morgan fingerprint density at radius 2 is 2.08 bits per heavy atom. The maximum absolute atomic E-state index is 12.9. The Bertz CT molecular complexity index is 864. The molecule has 1 aromatic carbocycles. The van der Waals surface area contributed by atoms with E-state index in [9.17, 15) is 8.42 Å². The number of sulfonamides is 1. The summed E-state index contributed by atoms with van der Waals surface area (Å²) in [5, 5.41) is 4.11. The highest BCUT2D eigenvalue weighted by atomic mass is 32.2. The van der Waals surface area contributed by atoms with Crippen LogP contribution >= 0.6 is 0 Å². The molecule has 0 bridgehead atoms. The van der Waals surface area contributed by atoms with Crippen LogP contribution in [0.15, 0.2) is 35.5 Å². The predicted molar refractivity (Wildman–Crippen MR) is 83.2 cm³/mol. The lowest BCUT2D eigenvalue weighted by Gasteiger charge is -2.31. The first-order chi connectivity index (χ1) is 11.5. The van der Waals surface area contributed by atoms with Crippen LogP contribution in [0.5, 0.6) is 11.5 Å². The minimum absolute atomic E-state index is 0.111. The van der Waals surface area contributed by atoms with Gasteiger partial charge in [0.05, 0.1) is 23.8 Å². The molecule has 0 spiro atoms. The lowest BCUT2D eigenvalue weighted by Crippen LogP contribution is -2.42. The third-order valence-corrected chi connectivity index (χ3v) is 5.97. The van der Waals surface area contributed by atoms with Crippen molar-refractivity contribution in [3.63, 3.8) is 0 Å². The number of rotatable bonds is 3. The van der Waals surface area contributed by atoms with Crippen molar-refractivity contribution in [2.45, 2.75) is 11.0 Å². The molecular weight excluding hydrogens is 334 g/mol. The zero-order valence-electron chi connectivity index (χ0n) is 13.1. The van der Waals surface area contributed by atoms with Crippen LogP contribution < -0.4 is 9.47 Å². The summed E-state index contributed by atoms with van der Waals surface area (Å²) in [5.74, 6) is 1.01. The minimum Gasteiger partial charge on any atom is -0.454 e. The van der Waals surface area contributed by atoms with Crippen LogP contribution in [0.3, 0.4) is 0 Å². The van der Waals surface area contributed by atoms with Gasteiger partial charge in [0.25, 0.3) is 0 Å². The molecular formula is C15H17N3O5S. The number of nitrogens with zero attached hydrogens (tertiary/aromatic N) is 3. The standard InChI is InChI=1S/C15H17N3O5S/c1-17-8-11(7-16-17)15-9-18(4-5-21-15)24(19,20)12-2-3-13-14(6-12)23-10-22-13/h2-3,6-8,15H,4-5,9-10H2,1H3/t15-/m0/s1. The second-order valence-electron chi connectivity index (χ2n) is 5.68. The lowest BCUT2D eigenvalue weighted by molar-refractivity contribution is -0.00259. The molecule has 0 amide bonds. The number of aryl methyl sites for hydroxylation is 1. The van der Waals surface area contributed by atoms with Gasteiger partial charge in [0, 0.05) is 38.0 Å². The van der Waals surface area contributed by atoms with E-state index >= 15 is 0 Å². The van der Waals surface area contributed by atoms with Gasteiger partial charge < -0.3 is 14.2 Å². The van der Waals surface area contributed by atoms with Crippen LogP contribution in [0.4, 0.5) is 0 Å². The molecule has 2 aliphatic heterocycles. The Morgan fingerprint density at radius 3 is 2.88 bits per heavy atom. The van der Waals surface area contributed by atoms with Crippen molar-refractivity contribution < 1.29 is 22.6 Å². The Kier molecular flexibility index (Phi) is 3.70. The van der Waals surface area contributed by atoms with E-state index in [-0.39, 0.29) is 24.3 Å². The van der Waals surface area contributed by atoms with E-state index in [2.05, 4.69) is 5.10 Å². The first kappa shape index (κ1) is 15.4. The molecule has 8 nitrogen and oxygen atoms in total. The number of benzene rings is 1. The summed E-state index contributed by atoms with van der Waals surface area (Å²) >= 11 is 0. The molecule has 0 unspecified atom stereocenters. The largest absolute Gasteiger partial charge is 0.454 e. The van der Waals surface area contributed by atoms with Crippen molar-refractivity contribution in [2.75, 3.05) is 26.5 Å². The second kappa shape index (κ2) is 5.76. The Labute approximate surface area is 139 Å². The smallest absolute Gasteiger partial charge is 0.243 e. The van der Waals surface area contributed by atoms with Gasteiger partial charge in [-0.25, -0.2) is 8.42 Å². The molecule has 0 saturated carbocycles. The van der Waals surface area contributed by atoms with Crippen LogP contribution in [0.25, 0.3) is 0 Å². The third-order valence-electron chi connectivity index (χ3n) is 4.11. The van der Waals surface area contributed by atoms with Crippen LogP contribution in [-0.4, -0.2) is 49.0 Å². The molecule has 0 radical (unpaired) electrons. The quantitative estimate of drug-likeness (QED) is 0.817. The SMILES string of the molecule is Cn1cc([C@@H]2CN(S(=O)(=O)c3ccc4c(c3)OCO4)CCO2)cn1. The molecule has 1 fully saturated rings. The van der Waals surface area contributed by atoms with E-state index < -0.39 is 10.0 Å². The molecule has 1 aromatic heterocycles. The number of ether oxygens (including phenoxy) is 3. The Balaban J connectivity index is 1.59. The second-order valence-corrected chi connectivity index (χ2v) is 7.62.